The van der Waals surface area contributed by atoms with E-state index in [0.717, 1.165) is 62.1 Å². The number of hydrogen-bond donors (Lipinski definition) is 1. The maximum Gasteiger partial charge on any atom is 0.123 e. The Hall–Kier alpha value is -0.770. The van der Waals surface area contributed by atoms with Crippen LogP contribution in [-0.2, 0) is 11.3 Å². The maximum atomic E-state index is 6.04. The van der Waals surface area contributed by atoms with Crippen molar-refractivity contribution in [1.82, 2.24) is 5.32 Å². The molecular formula is C15H22ClNO2. The fourth-order valence-electron chi connectivity index (χ4n) is 2.21. The van der Waals surface area contributed by atoms with E-state index in [1.165, 1.54) is 0 Å². The van der Waals surface area contributed by atoms with E-state index in [1.807, 2.05) is 18.2 Å². The summed E-state index contributed by atoms with van der Waals surface area (Å²) in [7, 11) is 0. The number of ether oxygens (including phenoxy) is 2. The van der Waals surface area contributed by atoms with Crippen LogP contribution in [-0.4, -0.2) is 26.4 Å². The Morgan fingerprint density at radius 2 is 2.16 bits per heavy atom. The molecule has 1 N–H and O–H groups in total. The summed E-state index contributed by atoms with van der Waals surface area (Å²) in [6.45, 7) is 6.31. The Kier molecular flexibility index (Phi) is 5.95. The van der Waals surface area contributed by atoms with E-state index >= 15 is 0 Å². The van der Waals surface area contributed by atoms with Crippen LogP contribution in [0.5, 0.6) is 5.75 Å². The quantitative estimate of drug-likeness (QED) is 0.869. The van der Waals surface area contributed by atoms with Crippen LogP contribution in [0.4, 0.5) is 0 Å². The monoisotopic (exact) mass is 283 g/mol. The molecule has 0 bridgehead atoms. The second-order valence-electron chi connectivity index (χ2n) is 4.90. The van der Waals surface area contributed by atoms with E-state index in [-0.39, 0.29) is 0 Å². The van der Waals surface area contributed by atoms with Crippen LogP contribution in [0.25, 0.3) is 0 Å². The summed E-state index contributed by atoms with van der Waals surface area (Å²) in [5.41, 5.74) is 1.13. The third-order valence-electron chi connectivity index (χ3n) is 3.40. The molecule has 106 valence electrons. The van der Waals surface area contributed by atoms with Crippen LogP contribution in [0.15, 0.2) is 18.2 Å². The molecule has 0 saturated carbocycles. The summed E-state index contributed by atoms with van der Waals surface area (Å²) < 4.78 is 11.3. The Morgan fingerprint density at radius 1 is 1.37 bits per heavy atom. The molecule has 1 heterocycles. The van der Waals surface area contributed by atoms with Gasteiger partial charge in [0.25, 0.3) is 0 Å². The molecule has 0 spiro atoms. The summed E-state index contributed by atoms with van der Waals surface area (Å²) >= 11 is 6.04. The molecule has 1 aromatic carbocycles. The molecule has 1 fully saturated rings. The molecule has 0 aromatic heterocycles. The van der Waals surface area contributed by atoms with Gasteiger partial charge in [-0.25, -0.2) is 0 Å². The highest BCUT2D eigenvalue weighted by atomic mass is 35.5. The van der Waals surface area contributed by atoms with Gasteiger partial charge in [-0.15, -0.1) is 0 Å². The van der Waals surface area contributed by atoms with Gasteiger partial charge in [-0.3, -0.25) is 0 Å². The third-order valence-corrected chi connectivity index (χ3v) is 3.64. The number of rotatable bonds is 6. The minimum atomic E-state index is 0.608. The van der Waals surface area contributed by atoms with Gasteiger partial charge in [0.15, 0.2) is 0 Å². The second-order valence-corrected chi connectivity index (χ2v) is 5.34. The van der Waals surface area contributed by atoms with Crippen molar-refractivity contribution in [3.05, 3.63) is 28.8 Å². The molecule has 0 amide bonds. The van der Waals surface area contributed by atoms with Gasteiger partial charge in [-0.05, 0) is 43.5 Å². The first kappa shape index (κ1) is 14.6. The normalized spacial score (nSPS) is 16.5. The molecule has 1 saturated heterocycles. The van der Waals surface area contributed by atoms with Crippen LogP contribution in [0.3, 0.4) is 0 Å². The number of halogens is 1. The van der Waals surface area contributed by atoms with Crippen LogP contribution < -0.4 is 10.1 Å². The molecule has 4 heteroatoms. The molecule has 19 heavy (non-hydrogen) atoms. The molecule has 2 rings (SSSR count). The van der Waals surface area contributed by atoms with Crippen molar-refractivity contribution in [3.8, 4) is 5.75 Å². The van der Waals surface area contributed by atoms with Gasteiger partial charge < -0.3 is 14.8 Å². The Balaban J connectivity index is 1.93. The van der Waals surface area contributed by atoms with Gasteiger partial charge in [0, 0.05) is 30.3 Å². The van der Waals surface area contributed by atoms with Crippen molar-refractivity contribution in [2.45, 2.75) is 26.3 Å². The molecule has 0 aliphatic carbocycles. The highest BCUT2D eigenvalue weighted by Crippen LogP contribution is 2.24. The van der Waals surface area contributed by atoms with Gasteiger partial charge in [0.2, 0.25) is 0 Å². The molecule has 3 nitrogen and oxygen atoms in total. The summed E-state index contributed by atoms with van der Waals surface area (Å²) in [6.07, 6.45) is 2.19. The average Bonchev–Trinajstić information content (AvgIpc) is 2.45. The van der Waals surface area contributed by atoms with Gasteiger partial charge in [-0.2, -0.15) is 0 Å². The van der Waals surface area contributed by atoms with Crippen LogP contribution >= 0.6 is 11.6 Å². The maximum absolute atomic E-state index is 6.04. The Morgan fingerprint density at radius 3 is 2.89 bits per heavy atom. The third kappa shape index (κ3) is 4.68. The first-order valence-electron chi connectivity index (χ1n) is 6.99. The lowest BCUT2D eigenvalue weighted by Gasteiger charge is -2.23. The summed E-state index contributed by atoms with van der Waals surface area (Å²) in [5, 5.41) is 4.07. The van der Waals surface area contributed by atoms with E-state index in [4.69, 9.17) is 21.1 Å². The van der Waals surface area contributed by atoms with E-state index in [0.29, 0.717) is 5.92 Å². The van der Waals surface area contributed by atoms with Gasteiger partial charge in [-0.1, -0.05) is 18.5 Å². The first-order chi connectivity index (χ1) is 9.29. The summed E-state index contributed by atoms with van der Waals surface area (Å²) in [6, 6.07) is 5.83. The molecule has 1 aliphatic rings. The predicted octanol–water partition coefficient (Wildman–Crippen LogP) is 3.25. The fourth-order valence-corrected chi connectivity index (χ4v) is 2.40. The Bertz CT molecular complexity index is 392. The second kappa shape index (κ2) is 7.73. The van der Waals surface area contributed by atoms with Crippen molar-refractivity contribution in [2.24, 2.45) is 5.92 Å². The highest BCUT2D eigenvalue weighted by Gasteiger charge is 2.15. The van der Waals surface area contributed by atoms with Gasteiger partial charge in [0.05, 0.1) is 6.61 Å². The zero-order valence-electron chi connectivity index (χ0n) is 11.5. The number of hydrogen-bond acceptors (Lipinski definition) is 3. The van der Waals surface area contributed by atoms with E-state index < -0.39 is 0 Å². The lowest BCUT2D eigenvalue weighted by molar-refractivity contribution is 0.0496. The van der Waals surface area contributed by atoms with Crippen molar-refractivity contribution in [2.75, 3.05) is 26.4 Å². The van der Waals surface area contributed by atoms with Crippen LogP contribution in [0.1, 0.15) is 25.3 Å². The largest absolute Gasteiger partial charge is 0.493 e. The minimum Gasteiger partial charge on any atom is -0.493 e. The first-order valence-corrected chi connectivity index (χ1v) is 7.37. The molecule has 0 atom stereocenters. The SMILES string of the molecule is CCNCc1cc(Cl)ccc1OCC1CCOCC1. The predicted molar refractivity (Wildman–Crippen MR) is 77.9 cm³/mol. The minimum absolute atomic E-state index is 0.608. The van der Waals surface area contributed by atoms with Crippen molar-refractivity contribution < 1.29 is 9.47 Å². The van der Waals surface area contributed by atoms with Crippen LogP contribution in [0.2, 0.25) is 5.02 Å². The molecule has 1 aromatic rings. The lowest BCUT2D eigenvalue weighted by atomic mass is 10.0. The lowest BCUT2D eigenvalue weighted by Crippen LogP contribution is -2.22. The highest BCUT2D eigenvalue weighted by molar-refractivity contribution is 6.30. The van der Waals surface area contributed by atoms with E-state index in [9.17, 15) is 0 Å². The van der Waals surface area contributed by atoms with Gasteiger partial charge >= 0.3 is 0 Å². The molecule has 1 aliphatic heterocycles. The summed E-state index contributed by atoms with van der Waals surface area (Å²) in [5.74, 6) is 1.55. The van der Waals surface area contributed by atoms with Crippen molar-refractivity contribution >= 4 is 11.6 Å². The zero-order valence-corrected chi connectivity index (χ0v) is 12.2. The number of nitrogens with one attached hydrogen (secondary N) is 1. The number of benzene rings is 1. The zero-order chi connectivity index (χ0) is 13.5. The van der Waals surface area contributed by atoms with E-state index in [1.54, 1.807) is 0 Å². The van der Waals surface area contributed by atoms with Crippen LogP contribution in [0, 0.1) is 5.92 Å². The van der Waals surface area contributed by atoms with E-state index in [2.05, 4.69) is 12.2 Å². The molecule has 0 unspecified atom stereocenters. The fraction of sp³-hybridized carbons (Fsp3) is 0.600. The molecular weight excluding hydrogens is 262 g/mol. The molecule has 0 radical (unpaired) electrons. The average molecular weight is 284 g/mol. The standard InChI is InChI=1S/C15H22ClNO2/c1-2-17-10-13-9-14(16)3-4-15(13)19-11-12-5-7-18-8-6-12/h3-4,9,12,17H,2,5-8,10-11H2,1H3. The topological polar surface area (TPSA) is 30.5 Å². The Labute approximate surface area is 120 Å². The summed E-state index contributed by atoms with van der Waals surface area (Å²) in [4.78, 5) is 0. The van der Waals surface area contributed by atoms with Crippen molar-refractivity contribution in [3.63, 3.8) is 0 Å². The van der Waals surface area contributed by atoms with Crippen molar-refractivity contribution in [1.29, 1.82) is 0 Å². The van der Waals surface area contributed by atoms with Gasteiger partial charge in [0.1, 0.15) is 5.75 Å². The smallest absolute Gasteiger partial charge is 0.123 e.